The highest BCUT2D eigenvalue weighted by atomic mass is 16.5. The predicted molar refractivity (Wildman–Crippen MR) is 148 cm³/mol. The van der Waals surface area contributed by atoms with Gasteiger partial charge in [0.2, 0.25) is 5.91 Å². The molecule has 0 atom stereocenters. The molecule has 0 saturated carbocycles. The van der Waals surface area contributed by atoms with Crippen LogP contribution in [0.4, 0.5) is 0 Å². The quantitative estimate of drug-likeness (QED) is 0.0886. The number of ether oxygens (including phenoxy) is 4. The molecule has 0 heterocycles. The third-order valence-electron chi connectivity index (χ3n) is 6.16. The van der Waals surface area contributed by atoms with Crippen molar-refractivity contribution in [1.29, 1.82) is 0 Å². The van der Waals surface area contributed by atoms with Gasteiger partial charge in [-0.15, -0.1) is 0 Å². The maximum atomic E-state index is 11.6. The number of aldehydes is 1. The highest BCUT2D eigenvalue weighted by Crippen LogP contribution is 2.14. The summed E-state index contributed by atoms with van der Waals surface area (Å²) in [7, 11) is 0. The third-order valence-corrected chi connectivity index (χ3v) is 6.16. The zero-order valence-corrected chi connectivity index (χ0v) is 23.8. The Kier molecular flexibility index (Phi) is 30.4. The highest BCUT2D eigenvalue weighted by Gasteiger charge is 2.01. The lowest BCUT2D eigenvalue weighted by Crippen LogP contribution is -2.31. The van der Waals surface area contributed by atoms with Crippen LogP contribution in [0.25, 0.3) is 0 Å². The summed E-state index contributed by atoms with van der Waals surface area (Å²) in [5.74, 6) is -0.852. The van der Waals surface area contributed by atoms with Crippen molar-refractivity contribution in [2.45, 2.75) is 109 Å². The molecule has 0 aromatic heterocycles. The van der Waals surface area contributed by atoms with Gasteiger partial charge in [-0.05, 0) is 12.8 Å². The van der Waals surface area contributed by atoms with Crippen LogP contribution in [0.15, 0.2) is 0 Å². The lowest BCUT2D eigenvalue weighted by Gasteiger charge is -2.08. The van der Waals surface area contributed by atoms with Crippen molar-refractivity contribution in [3.8, 4) is 0 Å². The predicted octanol–water partition coefficient (Wildman–Crippen LogP) is 5.08. The number of carboxylic acids is 1. The van der Waals surface area contributed by atoms with Crippen molar-refractivity contribution in [2.75, 3.05) is 59.4 Å². The summed E-state index contributed by atoms with van der Waals surface area (Å²) >= 11 is 0. The lowest BCUT2D eigenvalue weighted by molar-refractivity contribution is -0.137. The van der Waals surface area contributed by atoms with Gasteiger partial charge in [0.25, 0.3) is 0 Å². The molecule has 0 rings (SSSR count). The molecule has 0 aliphatic carbocycles. The number of rotatable bonds is 32. The van der Waals surface area contributed by atoms with Crippen LogP contribution in [-0.2, 0) is 33.3 Å². The van der Waals surface area contributed by atoms with Crippen molar-refractivity contribution in [3.63, 3.8) is 0 Å². The molecule has 0 aliphatic heterocycles. The normalized spacial score (nSPS) is 11.1. The second-order valence-electron chi connectivity index (χ2n) is 9.67. The first kappa shape index (κ1) is 36.5. The van der Waals surface area contributed by atoms with Gasteiger partial charge in [0, 0.05) is 19.6 Å². The van der Waals surface area contributed by atoms with Crippen LogP contribution in [0.1, 0.15) is 109 Å². The number of amides is 1. The SMILES string of the molecule is O=CCOCCOCCNC(=O)COCCOCCCCCCCCCCCCCCCCCCC(=O)O. The van der Waals surface area contributed by atoms with Crippen molar-refractivity contribution in [1.82, 2.24) is 5.32 Å². The van der Waals surface area contributed by atoms with Crippen molar-refractivity contribution in [2.24, 2.45) is 0 Å². The van der Waals surface area contributed by atoms with E-state index in [2.05, 4.69) is 5.32 Å². The van der Waals surface area contributed by atoms with Gasteiger partial charge in [-0.1, -0.05) is 89.9 Å². The molecule has 0 bridgehead atoms. The van der Waals surface area contributed by atoms with E-state index >= 15 is 0 Å². The van der Waals surface area contributed by atoms with Crippen molar-refractivity contribution >= 4 is 18.2 Å². The van der Waals surface area contributed by atoms with E-state index in [-0.39, 0.29) is 19.1 Å². The van der Waals surface area contributed by atoms with Crippen LogP contribution in [0, 0.1) is 0 Å². The van der Waals surface area contributed by atoms with Gasteiger partial charge < -0.3 is 34.2 Å². The van der Waals surface area contributed by atoms with E-state index in [4.69, 9.17) is 24.1 Å². The lowest BCUT2D eigenvalue weighted by atomic mass is 10.0. The van der Waals surface area contributed by atoms with Crippen LogP contribution in [-0.4, -0.2) is 82.7 Å². The molecule has 9 nitrogen and oxygen atoms in total. The van der Waals surface area contributed by atoms with Crippen LogP contribution < -0.4 is 5.32 Å². The molecule has 0 spiro atoms. The molecule has 38 heavy (non-hydrogen) atoms. The van der Waals surface area contributed by atoms with E-state index in [1.165, 1.54) is 83.5 Å². The topological polar surface area (TPSA) is 120 Å². The minimum Gasteiger partial charge on any atom is -0.481 e. The van der Waals surface area contributed by atoms with Gasteiger partial charge in [0.05, 0.1) is 33.0 Å². The van der Waals surface area contributed by atoms with E-state index in [0.29, 0.717) is 52.3 Å². The summed E-state index contributed by atoms with van der Waals surface area (Å²) in [5.41, 5.74) is 0. The number of carbonyl (C=O) groups excluding carboxylic acids is 2. The summed E-state index contributed by atoms with van der Waals surface area (Å²) in [6, 6.07) is 0. The summed E-state index contributed by atoms with van der Waals surface area (Å²) in [5, 5.41) is 11.3. The second kappa shape index (κ2) is 31.7. The fourth-order valence-electron chi connectivity index (χ4n) is 4.01. The fraction of sp³-hybridized carbons (Fsp3) is 0.897. The van der Waals surface area contributed by atoms with Gasteiger partial charge in [-0.3, -0.25) is 9.59 Å². The van der Waals surface area contributed by atoms with Crippen molar-refractivity contribution in [3.05, 3.63) is 0 Å². The van der Waals surface area contributed by atoms with E-state index in [0.717, 1.165) is 25.9 Å². The Hall–Kier alpha value is -1.55. The van der Waals surface area contributed by atoms with E-state index in [1.807, 2.05) is 0 Å². The smallest absolute Gasteiger partial charge is 0.303 e. The molecular weight excluding hydrogens is 490 g/mol. The Morgan fingerprint density at radius 1 is 0.553 bits per heavy atom. The Morgan fingerprint density at radius 3 is 1.53 bits per heavy atom. The summed E-state index contributed by atoms with van der Waals surface area (Å²) in [6.07, 6.45) is 20.8. The average Bonchev–Trinajstić information content (AvgIpc) is 2.90. The maximum Gasteiger partial charge on any atom is 0.303 e. The Balaban J connectivity index is 3.12. The summed E-state index contributed by atoms with van der Waals surface area (Å²) in [4.78, 5) is 32.2. The van der Waals surface area contributed by atoms with Gasteiger partial charge >= 0.3 is 5.97 Å². The number of carbonyl (C=O) groups is 3. The van der Waals surface area contributed by atoms with Crippen molar-refractivity contribution < 1.29 is 38.4 Å². The number of hydrogen-bond acceptors (Lipinski definition) is 7. The Morgan fingerprint density at radius 2 is 1.00 bits per heavy atom. The van der Waals surface area contributed by atoms with E-state index in [1.54, 1.807) is 0 Å². The molecule has 1 amide bonds. The molecule has 2 N–H and O–H groups in total. The number of hydrogen-bond donors (Lipinski definition) is 2. The molecule has 0 aromatic carbocycles. The zero-order valence-electron chi connectivity index (χ0n) is 23.8. The molecule has 0 aromatic rings. The zero-order chi connectivity index (χ0) is 27.8. The minimum absolute atomic E-state index is 0.0172. The second-order valence-corrected chi connectivity index (χ2v) is 9.67. The van der Waals surface area contributed by atoms with Gasteiger partial charge in [-0.25, -0.2) is 0 Å². The van der Waals surface area contributed by atoms with Gasteiger partial charge in [0.1, 0.15) is 19.5 Å². The molecule has 0 fully saturated rings. The summed E-state index contributed by atoms with van der Waals surface area (Å²) < 4.78 is 21.1. The van der Waals surface area contributed by atoms with Crippen LogP contribution in [0.5, 0.6) is 0 Å². The van der Waals surface area contributed by atoms with E-state index < -0.39 is 5.97 Å². The largest absolute Gasteiger partial charge is 0.481 e. The van der Waals surface area contributed by atoms with Gasteiger partial charge in [0.15, 0.2) is 0 Å². The Labute approximate surface area is 230 Å². The molecule has 9 heteroatoms. The number of nitrogens with one attached hydrogen (secondary N) is 1. The molecule has 0 saturated heterocycles. The first-order valence-electron chi connectivity index (χ1n) is 14.9. The standard InChI is InChI=1S/C29H55NO8/c31-19-22-37-24-23-36-21-18-30-28(32)27-38-26-25-35-20-16-14-12-10-8-6-4-2-1-3-5-7-9-11-13-15-17-29(33)34/h19H,1-18,20-27H2,(H,30,32)(H,33,34). The van der Waals surface area contributed by atoms with Crippen LogP contribution in [0.2, 0.25) is 0 Å². The van der Waals surface area contributed by atoms with Crippen LogP contribution >= 0.6 is 0 Å². The first-order valence-corrected chi connectivity index (χ1v) is 14.9. The highest BCUT2D eigenvalue weighted by molar-refractivity contribution is 5.77. The molecule has 0 radical (unpaired) electrons. The first-order chi connectivity index (χ1) is 18.7. The Bertz CT molecular complexity index is 533. The fourth-order valence-corrected chi connectivity index (χ4v) is 4.01. The average molecular weight is 546 g/mol. The van der Waals surface area contributed by atoms with Gasteiger partial charge in [-0.2, -0.15) is 0 Å². The molecule has 224 valence electrons. The third kappa shape index (κ3) is 32.5. The molecule has 0 unspecified atom stereocenters. The number of aliphatic carboxylic acids is 1. The number of carboxylic acid groups (broad SMARTS) is 1. The monoisotopic (exact) mass is 545 g/mol. The molecular formula is C29H55NO8. The molecule has 0 aliphatic rings. The van der Waals surface area contributed by atoms with Crippen LogP contribution in [0.3, 0.4) is 0 Å². The summed E-state index contributed by atoms with van der Waals surface area (Å²) in [6.45, 7) is 3.30. The minimum atomic E-state index is -0.675. The van der Waals surface area contributed by atoms with E-state index in [9.17, 15) is 14.4 Å². The number of unbranched alkanes of at least 4 members (excludes halogenated alkanes) is 15. The maximum absolute atomic E-state index is 11.6.